The van der Waals surface area contributed by atoms with E-state index in [1.165, 1.54) is 6.19 Å². The lowest BCUT2D eigenvalue weighted by Gasteiger charge is -2.06. The third-order valence-electron chi connectivity index (χ3n) is 1.14. The molecule has 0 aromatic carbocycles. The predicted octanol–water partition coefficient (Wildman–Crippen LogP) is -0.781. The van der Waals surface area contributed by atoms with Gasteiger partial charge in [-0.3, -0.25) is 0 Å². The molecule has 0 aliphatic carbocycles. The van der Waals surface area contributed by atoms with E-state index in [-0.39, 0.29) is 19.0 Å². The topological polar surface area (TPSA) is 113 Å². The molecule has 0 spiro atoms. The number of aliphatic hydroxyl groups is 2. The van der Waals surface area contributed by atoms with Gasteiger partial charge in [-0.25, -0.2) is 5.41 Å². The van der Waals surface area contributed by atoms with E-state index in [0.29, 0.717) is 0 Å². The molecule has 6 nitrogen and oxygen atoms in total. The van der Waals surface area contributed by atoms with Gasteiger partial charge < -0.3 is 10.2 Å². The van der Waals surface area contributed by atoms with Gasteiger partial charge in [-0.1, -0.05) is 0 Å². The highest BCUT2D eigenvalue weighted by atomic mass is 16.3. The van der Waals surface area contributed by atoms with Crippen molar-refractivity contribution in [1.29, 1.82) is 10.7 Å². The molecule has 0 aliphatic rings. The largest absolute Gasteiger partial charge is 0.396 e. The van der Waals surface area contributed by atoms with E-state index in [2.05, 4.69) is 9.98 Å². The lowest BCUT2D eigenvalue weighted by Crippen LogP contribution is -2.20. The zero-order valence-corrected chi connectivity index (χ0v) is 6.23. The second-order valence-electron chi connectivity index (χ2n) is 1.86. The zero-order chi connectivity index (χ0) is 9.40. The molecule has 0 rings (SSSR count). The monoisotopic (exact) mass is 168 g/mol. The van der Waals surface area contributed by atoms with Crippen molar-refractivity contribution in [2.24, 2.45) is 15.9 Å². The molecule has 0 saturated carbocycles. The Morgan fingerprint density at radius 1 is 1.50 bits per heavy atom. The van der Waals surface area contributed by atoms with Crippen LogP contribution < -0.4 is 0 Å². The van der Waals surface area contributed by atoms with Crippen LogP contribution in [0.15, 0.2) is 9.98 Å². The summed E-state index contributed by atoms with van der Waals surface area (Å²) < 4.78 is 0. The van der Waals surface area contributed by atoms with Crippen molar-refractivity contribution in [3.63, 3.8) is 0 Å². The lowest BCUT2D eigenvalue weighted by molar-refractivity contribution is 0.187. The smallest absolute Gasteiger partial charge is 0.207 e. The number of aliphatic imine (C=N–C) groups is 2. The van der Waals surface area contributed by atoms with Crippen LogP contribution in [0.1, 0.15) is 0 Å². The lowest BCUT2D eigenvalue weighted by atomic mass is 10.1. The fraction of sp³-hybridized carbons (Fsp3) is 0.500. The summed E-state index contributed by atoms with van der Waals surface area (Å²) in [5.74, 6) is -0.806. The quantitative estimate of drug-likeness (QED) is 0.292. The Labute approximate surface area is 69.0 Å². The van der Waals surface area contributed by atoms with E-state index in [1.54, 1.807) is 6.01 Å². The number of nitrogens with one attached hydrogen (secondary N) is 1. The van der Waals surface area contributed by atoms with Crippen LogP contribution in [-0.4, -0.2) is 35.3 Å². The predicted molar refractivity (Wildman–Crippen MR) is 40.9 cm³/mol. The average Bonchev–Trinajstić information content (AvgIpc) is 2.07. The van der Waals surface area contributed by atoms with Crippen molar-refractivity contribution in [2.75, 3.05) is 13.2 Å². The molecule has 0 amide bonds. The first kappa shape index (κ1) is 10.5. The van der Waals surface area contributed by atoms with Gasteiger partial charge in [0.05, 0.1) is 25.1 Å². The highest BCUT2D eigenvalue weighted by Crippen LogP contribution is 1.98. The van der Waals surface area contributed by atoms with Crippen LogP contribution in [0.4, 0.5) is 0 Å². The molecule has 0 bridgehead atoms. The van der Waals surface area contributed by atoms with Crippen LogP contribution >= 0.6 is 0 Å². The molecule has 0 aliphatic heterocycles. The maximum absolute atomic E-state index is 8.65. The van der Waals surface area contributed by atoms with Crippen molar-refractivity contribution in [1.82, 2.24) is 0 Å². The summed E-state index contributed by atoms with van der Waals surface area (Å²) in [6, 6.07) is 1.67. The van der Waals surface area contributed by atoms with E-state index in [1.807, 2.05) is 0 Å². The number of hydrogen-bond donors (Lipinski definition) is 3. The first-order chi connectivity index (χ1) is 5.79. The van der Waals surface area contributed by atoms with Gasteiger partial charge in [0, 0.05) is 0 Å². The first-order valence-electron chi connectivity index (χ1n) is 3.11. The number of amidine groups is 1. The van der Waals surface area contributed by atoms with Crippen LogP contribution in [0.2, 0.25) is 0 Å². The summed E-state index contributed by atoms with van der Waals surface area (Å²) in [5, 5.41) is 31.9. The summed E-state index contributed by atoms with van der Waals surface area (Å²) in [5.41, 5.74) is 0. The first-order valence-corrected chi connectivity index (χ1v) is 3.11. The molecule has 3 N–H and O–H groups in total. The molecule has 0 aromatic heterocycles. The SMILES string of the molecule is N#CN=C(N=C=N)C(CO)CO. The van der Waals surface area contributed by atoms with Gasteiger partial charge >= 0.3 is 0 Å². The van der Waals surface area contributed by atoms with E-state index in [0.717, 1.165) is 0 Å². The normalized spacial score (nSPS) is 10.7. The Balaban J connectivity index is 4.61. The minimum atomic E-state index is -0.720. The van der Waals surface area contributed by atoms with Gasteiger partial charge in [-0.05, 0) is 0 Å². The molecule has 64 valence electrons. The van der Waals surface area contributed by atoms with Gasteiger partial charge in [0.25, 0.3) is 0 Å². The zero-order valence-electron chi connectivity index (χ0n) is 6.23. The van der Waals surface area contributed by atoms with Crippen LogP contribution in [0.3, 0.4) is 0 Å². The van der Waals surface area contributed by atoms with Crippen LogP contribution in [-0.2, 0) is 0 Å². The summed E-state index contributed by atoms with van der Waals surface area (Å²) in [6.07, 6.45) is 1.45. The molecule has 0 radical (unpaired) electrons. The van der Waals surface area contributed by atoms with Gasteiger partial charge in [-0.15, -0.1) is 0 Å². The Morgan fingerprint density at radius 3 is 2.42 bits per heavy atom. The average molecular weight is 168 g/mol. The third kappa shape index (κ3) is 3.03. The van der Waals surface area contributed by atoms with Gasteiger partial charge in [0.2, 0.25) is 6.19 Å². The molecule has 0 heterocycles. The van der Waals surface area contributed by atoms with Crippen molar-refractivity contribution < 1.29 is 10.2 Å². The minimum absolute atomic E-state index is 0.0856. The maximum Gasteiger partial charge on any atom is 0.207 e. The molecule has 0 aromatic rings. The summed E-state index contributed by atoms with van der Waals surface area (Å²) in [6.45, 7) is -0.746. The molecule has 0 unspecified atom stereocenters. The molecule has 6 heteroatoms. The maximum atomic E-state index is 8.65. The number of nitrogens with zero attached hydrogens (tertiary/aromatic N) is 3. The molecular weight excluding hydrogens is 160 g/mol. The van der Waals surface area contributed by atoms with E-state index < -0.39 is 5.92 Å². The molecular formula is C6H8N4O2. The van der Waals surface area contributed by atoms with Crippen LogP contribution in [0, 0.1) is 22.8 Å². The fourth-order valence-electron chi connectivity index (χ4n) is 0.537. The third-order valence-corrected chi connectivity index (χ3v) is 1.14. The van der Waals surface area contributed by atoms with Gasteiger partial charge in [0.1, 0.15) is 0 Å². The van der Waals surface area contributed by atoms with Crippen molar-refractivity contribution in [2.45, 2.75) is 0 Å². The number of hydrogen-bond acceptors (Lipinski definition) is 5. The Hall–Kier alpha value is -1.54. The second-order valence-corrected chi connectivity index (χ2v) is 1.86. The number of nitriles is 1. The minimum Gasteiger partial charge on any atom is -0.396 e. The molecule has 0 saturated heterocycles. The van der Waals surface area contributed by atoms with E-state index in [9.17, 15) is 0 Å². The van der Waals surface area contributed by atoms with E-state index in [4.69, 9.17) is 20.9 Å². The van der Waals surface area contributed by atoms with Gasteiger partial charge in [0.15, 0.2) is 5.84 Å². The Morgan fingerprint density at radius 2 is 2.08 bits per heavy atom. The Kier molecular flexibility index (Phi) is 5.39. The summed E-state index contributed by atoms with van der Waals surface area (Å²) >= 11 is 0. The Bertz CT molecular complexity index is 245. The molecule has 12 heavy (non-hydrogen) atoms. The highest BCUT2D eigenvalue weighted by Gasteiger charge is 2.12. The van der Waals surface area contributed by atoms with Crippen molar-refractivity contribution in [3.8, 4) is 6.19 Å². The second kappa shape index (κ2) is 6.19. The van der Waals surface area contributed by atoms with Crippen molar-refractivity contribution in [3.05, 3.63) is 0 Å². The molecule has 0 fully saturated rings. The van der Waals surface area contributed by atoms with Crippen LogP contribution in [0.25, 0.3) is 0 Å². The fourth-order valence-corrected chi connectivity index (χ4v) is 0.537. The standard InChI is InChI=1S/C6H8N4O2/c7-3-9-6(10-4-8)5(1-11)2-12/h5,7,11-12H,1-2H2. The summed E-state index contributed by atoms with van der Waals surface area (Å²) in [7, 11) is 0. The van der Waals surface area contributed by atoms with Crippen LogP contribution in [0.5, 0.6) is 0 Å². The summed E-state index contributed by atoms with van der Waals surface area (Å²) in [4.78, 5) is 6.49. The highest BCUT2D eigenvalue weighted by molar-refractivity contribution is 5.89. The van der Waals surface area contributed by atoms with Gasteiger partial charge in [-0.2, -0.15) is 15.2 Å². The number of rotatable bonds is 3. The molecule has 0 atom stereocenters. The van der Waals surface area contributed by atoms with Crippen molar-refractivity contribution >= 4 is 11.8 Å². The van der Waals surface area contributed by atoms with E-state index >= 15 is 0 Å². The number of aliphatic hydroxyl groups excluding tert-OH is 2.